The Hall–Kier alpha value is -1.99. The van der Waals surface area contributed by atoms with Crippen LogP contribution in [0.3, 0.4) is 0 Å². The van der Waals surface area contributed by atoms with E-state index in [1.807, 2.05) is 12.1 Å². The van der Waals surface area contributed by atoms with E-state index in [2.05, 4.69) is 42.6 Å². The lowest BCUT2D eigenvalue weighted by Gasteiger charge is -2.25. The minimum absolute atomic E-state index is 0.0503. The number of hydrogen-bond donors (Lipinski definition) is 2. The third-order valence-corrected chi connectivity index (χ3v) is 4.94. The fraction of sp³-hybridized carbons (Fsp3) is 0.471. The smallest absolute Gasteiger partial charge is 0.233 e. The molecule has 1 saturated heterocycles. The second-order valence-electron chi connectivity index (χ2n) is 5.93. The maximum Gasteiger partial charge on any atom is 0.233 e. The molecule has 1 atom stereocenters. The van der Waals surface area contributed by atoms with Gasteiger partial charge in [-0.25, -0.2) is 0 Å². The molecule has 7 heteroatoms. The summed E-state index contributed by atoms with van der Waals surface area (Å²) in [4.78, 5) is 14.2. The average molecular weight is 345 g/mol. The second kappa shape index (κ2) is 8.75. The van der Waals surface area contributed by atoms with E-state index in [0.29, 0.717) is 19.1 Å². The van der Waals surface area contributed by atoms with E-state index >= 15 is 0 Å². The predicted molar refractivity (Wildman–Crippen MR) is 96.3 cm³/mol. The number of carbonyl (C=O) groups is 1. The molecule has 1 aliphatic rings. The van der Waals surface area contributed by atoms with Crippen LogP contribution in [0, 0.1) is 0 Å². The van der Waals surface area contributed by atoms with Crippen molar-refractivity contribution in [1.29, 1.82) is 0 Å². The largest absolute Gasteiger partial charge is 0.355 e. The van der Waals surface area contributed by atoms with Crippen LogP contribution < -0.4 is 15.5 Å². The number of nitrogens with one attached hydrogen (secondary N) is 2. The molecule has 0 saturated carbocycles. The molecule has 3 heterocycles. The van der Waals surface area contributed by atoms with Gasteiger partial charge in [-0.15, -0.1) is 5.10 Å². The van der Waals surface area contributed by atoms with Crippen molar-refractivity contribution in [3.63, 3.8) is 0 Å². The van der Waals surface area contributed by atoms with Crippen LogP contribution in [0.25, 0.3) is 0 Å². The van der Waals surface area contributed by atoms with E-state index in [9.17, 15) is 4.79 Å². The Balaban J connectivity index is 1.35. The first-order valence-corrected chi connectivity index (χ1v) is 9.30. The summed E-state index contributed by atoms with van der Waals surface area (Å²) >= 11 is 1.69. The molecule has 0 unspecified atom stereocenters. The molecule has 2 aromatic heterocycles. The van der Waals surface area contributed by atoms with E-state index in [0.717, 1.165) is 38.2 Å². The van der Waals surface area contributed by atoms with Crippen LogP contribution in [0.15, 0.2) is 35.2 Å². The number of hydrogen-bond acceptors (Lipinski definition) is 6. The molecule has 2 aromatic rings. The zero-order valence-corrected chi connectivity index (χ0v) is 14.5. The van der Waals surface area contributed by atoms with E-state index < -0.39 is 0 Å². The molecule has 1 fully saturated rings. The Bertz CT molecular complexity index is 619. The molecule has 3 rings (SSSR count). The van der Waals surface area contributed by atoms with Crippen molar-refractivity contribution >= 4 is 23.1 Å². The lowest BCUT2D eigenvalue weighted by atomic mass is 10.2. The summed E-state index contributed by atoms with van der Waals surface area (Å²) in [6, 6.07) is 6.37. The highest BCUT2D eigenvalue weighted by molar-refractivity contribution is 7.07. The number of thiophene rings is 1. The van der Waals surface area contributed by atoms with Gasteiger partial charge in [-0.2, -0.15) is 16.4 Å². The van der Waals surface area contributed by atoms with Crippen molar-refractivity contribution in [2.24, 2.45) is 0 Å². The van der Waals surface area contributed by atoms with Crippen molar-refractivity contribution < 1.29 is 4.79 Å². The Kier molecular flexibility index (Phi) is 6.14. The fourth-order valence-electron chi connectivity index (χ4n) is 2.99. The van der Waals surface area contributed by atoms with E-state index in [4.69, 9.17) is 0 Å². The summed E-state index contributed by atoms with van der Waals surface area (Å²) in [6.07, 6.45) is 4.84. The van der Waals surface area contributed by atoms with Gasteiger partial charge in [0.1, 0.15) is 0 Å². The van der Waals surface area contributed by atoms with Gasteiger partial charge in [-0.05, 0) is 53.8 Å². The third kappa shape index (κ3) is 4.75. The number of nitrogens with zero attached hydrogens (tertiary/aromatic N) is 3. The zero-order chi connectivity index (χ0) is 16.6. The van der Waals surface area contributed by atoms with Gasteiger partial charge < -0.3 is 15.5 Å². The topological polar surface area (TPSA) is 70.2 Å². The summed E-state index contributed by atoms with van der Waals surface area (Å²) in [5.74, 6) is 0.969. The van der Waals surface area contributed by atoms with Gasteiger partial charge in [-0.1, -0.05) is 0 Å². The van der Waals surface area contributed by atoms with Crippen molar-refractivity contribution in [3.8, 4) is 0 Å². The summed E-state index contributed by atoms with van der Waals surface area (Å²) in [5, 5.41) is 18.5. The van der Waals surface area contributed by atoms with Crippen molar-refractivity contribution in [3.05, 3.63) is 40.7 Å². The SMILES string of the molecule is O=C(CNC[C@H]1CCCN1c1cccnn1)NCCc1ccsc1. The van der Waals surface area contributed by atoms with Crippen molar-refractivity contribution in [1.82, 2.24) is 20.8 Å². The van der Waals surface area contributed by atoms with Gasteiger partial charge in [-0.3, -0.25) is 4.79 Å². The van der Waals surface area contributed by atoms with Gasteiger partial charge in [0, 0.05) is 31.9 Å². The van der Waals surface area contributed by atoms with Crippen molar-refractivity contribution in [2.75, 3.05) is 31.1 Å². The molecule has 128 valence electrons. The molecular weight excluding hydrogens is 322 g/mol. The maximum atomic E-state index is 11.9. The first-order chi connectivity index (χ1) is 11.8. The van der Waals surface area contributed by atoms with Crippen LogP contribution in [-0.2, 0) is 11.2 Å². The normalized spacial score (nSPS) is 17.2. The van der Waals surface area contributed by atoms with E-state index in [1.54, 1.807) is 17.5 Å². The van der Waals surface area contributed by atoms with E-state index in [1.165, 1.54) is 5.56 Å². The minimum Gasteiger partial charge on any atom is -0.355 e. The summed E-state index contributed by atoms with van der Waals surface area (Å²) < 4.78 is 0. The molecule has 0 bridgehead atoms. The molecule has 24 heavy (non-hydrogen) atoms. The van der Waals surface area contributed by atoms with E-state index in [-0.39, 0.29) is 5.91 Å². The molecule has 0 aromatic carbocycles. The molecule has 1 amide bonds. The second-order valence-corrected chi connectivity index (χ2v) is 6.71. The average Bonchev–Trinajstić information content (AvgIpc) is 3.27. The van der Waals surface area contributed by atoms with Crippen LogP contribution in [-0.4, -0.2) is 48.3 Å². The number of anilines is 1. The number of amides is 1. The monoisotopic (exact) mass is 345 g/mol. The highest BCUT2D eigenvalue weighted by Gasteiger charge is 2.25. The van der Waals surface area contributed by atoms with Gasteiger partial charge in [0.15, 0.2) is 5.82 Å². The molecular formula is C17H23N5OS. The maximum absolute atomic E-state index is 11.9. The minimum atomic E-state index is 0.0503. The van der Waals surface area contributed by atoms with Crippen LogP contribution in [0.2, 0.25) is 0 Å². The van der Waals surface area contributed by atoms with Crippen LogP contribution in [0.1, 0.15) is 18.4 Å². The first kappa shape index (κ1) is 16.9. The molecule has 2 N–H and O–H groups in total. The van der Waals surface area contributed by atoms with Crippen LogP contribution in [0.4, 0.5) is 5.82 Å². The van der Waals surface area contributed by atoms with Gasteiger partial charge in [0.25, 0.3) is 0 Å². The molecule has 6 nitrogen and oxygen atoms in total. The Morgan fingerprint density at radius 1 is 1.42 bits per heavy atom. The Labute approximate surface area is 146 Å². The number of rotatable bonds is 8. The molecule has 1 aliphatic heterocycles. The van der Waals surface area contributed by atoms with Crippen LogP contribution >= 0.6 is 11.3 Å². The van der Waals surface area contributed by atoms with Crippen molar-refractivity contribution in [2.45, 2.75) is 25.3 Å². The summed E-state index contributed by atoms with van der Waals surface area (Å²) in [5.41, 5.74) is 1.28. The predicted octanol–water partition coefficient (Wildman–Crippen LogP) is 1.46. The quantitative estimate of drug-likeness (QED) is 0.758. The molecule has 0 radical (unpaired) electrons. The highest BCUT2D eigenvalue weighted by Crippen LogP contribution is 2.22. The number of carbonyl (C=O) groups excluding carboxylic acids is 1. The third-order valence-electron chi connectivity index (χ3n) is 4.21. The zero-order valence-electron chi connectivity index (χ0n) is 13.6. The summed E-state index contributed by atoms with van der Waals surface area (Å²) in [6.45, 7) is 2.83. The standard InChI is InChI=1S/C17H23N5OS/c23-17(19-8-5-14-6-10-24-13-14)12-18-11-15-3-2-9-22(15)16-4-1-7-20-21-16/h1,4,6-7,10,13,15,18H,2-3,5,8-9,11-12H2,(H,19,23)/t15-/m1/s1. The molecule has 0 spiro atoms. The van der Waals surface area contributed by atoms with Crippen LogP contribution in [0.5, 0.6) is 0 Å². The lowest BCUT2D eigenvalue weighted by molar-refractivity contribution is -0.120. The van der Waals surface area contributed by atoms with Gasteiger partial charge >= 0.3 is 0 Å². The Morgan fingerprint density at radius 3 is 3.17 bits per heavy atom. The Morgan fingerprint density at radius 2 is 2.38 bits per heavy atom. The van der Waals surface area contributed by atoms with Gasteiger partial charge in [0.05, 0.1) is 6.54 Å². The highest BCUT2D eigenvalue weighted by atomic mass is 32.1. The lowest BCUT2D eigenvalue weighted by Crippen LogP contribution is -2.42. The van der Waals surface area contributed by atoms with Gasteiger partial charge in [0.2, 0.25) is 5.91 Å². The number of aromatic nitrogens is 2. The first-order valence-electron chi connectivity index (χ1n) is 8.36. The molecule has 0 aliphatic carbocycles. The fourth-order valence-corrected chi connectivity index (χ4v) is 3.70. The summed E-state index contributed by atoms with van der Waals surface area (Å²) in [7, 11) is 0.